The topological polar surface area (TPSA) is 191 Å². The highest BCUT2D eigenvalue weighted by Gasteiger charge is 2.48. The van der Waals surface area contributed by atoms with Gasteiger partial charge in [-0.2, -0.15) is 13.2 Å². The highest BCUT2D eigenvalue weighted by molar-refractivity contribution is 5.90. The second-order valence-corrected chi connectivity index (χ2v) is 11.1. The minimum absolute atomic E-state index is 0.181. The number of aliphatic hydroxyl groups is 1. The van der Waals surface area contributed by atoms with Crippen molar-refractivity contribution in [3.05, 3.63) is 52.8 Å². The van der Waals surface area contributed by atoms with E-state index in [-0.39, 0.29) is 11.4 Å². The number of rotatable bonds is 14. The Hall–Kier alpha value is -4.93. The Morgan fingerprint density at radius 1 is 0.851 bits per heavy atom. The quantitative estimate of drug-likeness (QED) is 0.171. The Morgan fingerprint density at radius 3 is 1.81 bits per heavy atom. The summed E-state index contributed by atoms with van der Waals surface area (Å²) in [6.45, 7) is 1.54. The summed E-state index contributed by atoms with van der Waals surface area (Å²) in [5, 5.41) is 16.8. The predicted octanol–water partition coefficient (Wildman–Crippen LogP) is 2.13. The number of anilines is 1. The van der Waals surface area contributed by atoms with Crippen LogP contribution >= 0.6 is 0 Å². The maximum absolute atomic E-state index is 13.6. The number of halogens is 3. The largest absolute Gasteiger partial charge is 0.463 e. The maximum Gasteiger partial charge on any atom is 0.396 e. The van der Waals surface area contributed by atoms with Crippen molar-refractivity contribution in [2.24, 2.45) is 5.92 Å². The van der Waals surface area contributed by atoms with Crippen LogP contribution in [0.1, 0.15) is 34.6 Å². The summed E-state index contributed by atoms with van der Waals surface area (Å²) in [4.78, 5) is 74.2. The minimum Gasteiger partial charge on any atom is -0.463 e. The number of benzene rings is 1. The van der Waals surface area contributed by atoms with Crippen molar-refractivity contribution >= 4 is 35.5 Å². The number of alkyl halides is 3. The van der Waals surface area contributed by atoms with Gasteiger partial charge in [0.15, 0.2) is 0 Å². The van der Waals surface area contributed by atoms with Crippen molar-refractivity contribution in [1.29, 1.82) is 0 Å². The smallest absolute Gasteiger partial charge is 0.396 e. The molecule has 1 aromatic heterocycles. The lowest BCUT2D eigenvalue weighted by atomic mass is 9.90. The molecule has 1 atom stereocenters. The predicted molar refractivity (Wildman–Crippen MR) is 160 cm³/mol. The van der Waals surface area contributed by atoms with Crippen molar-refractivity contribution in [2.75, 3.05) is 31.7 Å². The molecule has 1 aromatic carbocycles. The summed E-state index contributed by atoms with van der Waals surface area (Å²) in [5.41, 5.74) is -4.70. The number of ether oxygens (including phenoxy) is 3. The standard InChI is InChI=1S/C30H37F3N4O10/c1-18(38)45-15-29(16-46-19(2)39,17-47-20(3)40)36-27(43)35-22-11-12-23(21-9-7-6-8-10-21)37(26(22)42)14-25(41)34-13-24(28(4,5)44)30(31,32)33/h6-12,24,44H,13-17H2,1-5H3,(H,34,41)(H2,35,36,43). The number of aromatic nitrogens is 1. The number of nitrogens with zero attached hydrogens (tertiary/aromatic N) is 1. The summed E-state index contributed by atoms with van der Waals surface area (Å²) in [7, 11) is 0. The van der Waals surface area contributed by atoms with E-state index in [0.717, 1.165) is 39.2 Å². The molecule has 4 N–H and O–H groups in total. The number of amides is 3. The number of carbonyl (C=O) groups is 5. The summed E-state index contributed by atoms with van der Waals surface area (Å²) >= 11 is 0. The first-order valence-corrected chi connectivity index (χ1v) is 14.1. The van der Waals surface area contributed by atoms with Crippen LogP contribution in [0.4, 0.5) is 23.7 Å². The number of urea groups is 1. The van der Waals surface area contributed by atoms with E-state index in [0.29, 0.717) is 5.56 Å². The third-order valence-corrected chi connectivity index (χ3v) is 6.58. The van der Waals surface area contributed by atoms with Crippen LogP contribution in [0.15, 0.2) is 47.3 Å². The summed E-state index contributed by atoms with van der Waals surface area (Å²) in [5.74, 6) is -5.63. The summed E-state index contributed by atoms with van der Waals surface area (Å²) in [6.07, 6.45) is -4.84. The molecule has 0 saturated heterocycles. The first-order chi connectivity index (χ1) is 21.7. The Balaban J connectivity index is 2.45. The van der Waals surface area contributed by atoms with Gasteiger partial charge in [0, 0.05) is 27.3 Å². The molecule has 0 bridgehead atoms. The van der Waals surface area contributed by atoms with Gasteiger partial charge in [-0.1, -0.05) is 30.3 Å². The lowest BCUT2D eigenvalue weighted by Gasteiger charge is -2.32. The van der Waals surface area contributed by atoms with Crippen molar-refractivity contribution in [3.8, 4) is 11.3 Å². The highest BCUT2D eigenvalue weighted by atomic mass is 19.4. The molecule has 14 nitrogen and oxygen atoms in total. The second-order valence-electron chi connectivity index (χ2n) is 11.1. The van der Waals surface area contributed by atoms with Crippen molar-refractivity contribution in [1.82, 2.24) is 15.2 Å². The number of hydrogen-bond acceptors (Lipinski definition) is 10. The second kappa shape index (κ2) is 16.1. The van der Waals surface area contributed by atoms with Crippen LogP contribution in [0.5, 0.6) is 0 Å². The van der Waals surface area contributed by atoms with Crippen LogP contribution in [-0.2, 0) is 39.9 Å². The average molecular weight is 671 g/mol. The van der Waals surface area contributed by atoms with E-state index in [1.165, 1.54) is 12.1 Å². The number of hydrogen-bond donors (Lipinski definition) is 4. The number of esters is 3. The van der Waals surface area contributed by atoms with Gasteiger partial charge in [0.05, 0.1) is 11.3 Å². The molecular formula is C30H37F3N4O10. The van der Waals surface area contributed by atoms with Crippen molar-refractivity contribution < 1.29 is 56.5 Å². The van der Waals surface area contributed by atoms with Crippen LogP contribution in [0.3, 0.4) is 0 Å². The number of carbonyl (C=O) groups excluding carboxylic acids is 5. The number of pyridine rings is 1. The lowest BCUT2D eigenvalue weighted by molar-refractivity contribution is -0.217. The zero-order valence-corrected chi connectivity index (χ0v) is 26.4. The first-order valence-electron chi connectivity index (χ1n) is 14.1. The molecule has 0 radical (unpaired) electrons. The molecule has 0 aliphatic heterocycles. The van der Waals surface area contributed by atoms with Gasteiger partial charge in [-0.15, -0.1) is 0 Å². The molecule has 1 heterocycles. The van der Waals surface area contributed by atoms with E-state index in [4.69, 9.17) is 14.2 Å². The van der Waals surface area contributed by atoms with Crippen LogP contribution in [0, 0.1) is 5.92 Å². The van der Waals surface area contributed by atoms with Gasteiger partial charge in [-0.05, 0) is 31.5 Å². The monoisotopic (exact) mass is 670 g/mol. The fraction of sp³-hybridized carbons (Fsp3) is 0.467. The molecular weight excluding hydrogens is 633 g/mol. The minimum atomic E-state index is -4.84. The Labute approximate surface area is 267 Å². The molecule has 2 aromatic rings. The van der Waals surface area contributed by atoms with E-state index in [1.54, 1.807) is 30.3 Å². The van der Waals surface area contributed by atoms with E-state index in [1.807, 2.05) is 0 Å². The van der Waals surface area contributed by atoms with Gasteiger partial charge in [-0.25, -0.2) is 4.79 Å². The van der Waals surface area contributed by atoms with Gasteiger partial charge in [-0.3, -0.25) is 28.5 Å². The number of nitrogens with one attached hydrogen (secondary N) is 3. The SMILES string of the molecule is CC(=O)OCC(COC(C)=O)(COC(C)=O)NC(=O)Nc1ccc(-c2ccccc2)n(CC(=O)NCC(C(C)(C)O)C(F)(F)F)c1=O. The van der Waals surface area contributed by atoms with Gasteiger partial charge in [0.25, 0.3) is 5.56 Å². The fourth-order valence-corrected chi connectivity index (χ4v) is 4.22. The normalized spacial score (nSPS) is 12.4. The van der Waals surface area contributed by atoms with Gasteiger partial charge >= 0.3 is 30.1 Å². The van der Waals surface area contributed by atoms with Crippen LogP contribution in [0.25, 0.3) is 11.3 Å². The molecule has 0 aliphatic rings. The Kier molecular flexibility index (Phi) is 13.1. The lowest BCUT2D eigenvalue weighted by Crippen LogP contribution is -2.60. The average Bonchev–Trinajstić information content (AvgIpc) is 2.95. The van der Waals surface area contributed by atoms with Gasteiger partial charge in [0.1, 0.15) is 43.5 Å². The van der Waals surface area contributed by atoms with Crippen LogP contribution in [-0.4, -0.2) is 83.2 Å². The van der Waals surface area contributed by atoms with Crippen molar-refractivity contribution in [2.45, 2.75) is 58.5 Å². The molecule has 1 unspecified atom stereocenters. The van der Waals surface area contributed by atoms with E-state index in [9.17, 15) is 47.0 Å². The third-order valence-electron chi connectivity index (χ3n) is 6.58. The summed E-state index contributed by atoms with van der Waals surface area (Å²) < 4.78 is 56.5. The Bertz CT molecular complexity index is 1440. The highest BCUT2D eigenvalue weighted by Crippen LogP contribution is 2.33. The zero-order valence-electron chi connectivity index (χ0n) is 26.4. The molecule has 0 spiro atoms. The van der Waals surface area contributed by atoms with Crippen LogP contribution in [0.2, 0.25) is 0 Å². The summed E-state index contributed by atoms with van der Waals surface area (Å²) in [6, 6.07) is 9.73. The Morgan fingerprint density at radius 2 is 1.36 bits per heavy atom. The maximum atomic E-state index is 13.6. The van der Waals surface area contributed by atoms with E-state index in [2.05, 4.69) is 16.0 Å². The van der Waals surface area contributed by atoms with Gasteiger partial charge < -0.3 is 35.3 Å². The molecule has 0 fully saturated rings. The molecule has 258 valence electrons. The van der Waals surface area contributed by atoms with Gasteiger partial charge in [0.2, 0.25) is 5.91 Å². The van der Waals surface area contributed by atoms with Crippen molar-refractivity contribution in [3.63, 3.8) is 0 Å². The first kappa shape index (κ1) is 38.3. The fourth-order valence-electron chi connectivity index (χ4n) is 4.22. The van der Waals surface area contributed by atoms with E-state index < -0.39 is 91.5 Å². The molecule has 3 amide bonds. The van der Waals surface area contributed by atoms with Crippen LogP contribution < -0.4 is 21.5 Å². The molecule has 0 saturated carbocycles. The molecule has 47 heavy (non-hydrogen) atoms. The molecule has 17 heteroatoms. The zero-order chi connectivity index (χ0) is 35.6. The van der Waals surface area contributed by atoms with E-state index >= 15 is 0 Å². The third kappa shape index (κ3) is 12.1. The molecule has 2 rings (SSSR count). The molecule has 0 aliphatic carbocycles.